The first-order valence-corrected chi connectivity index (χ1v) is 10.8. The summed E-state index contributed by atoms with van der Waals surface area (Å²) in [4.78, 5) is 34.2. The van der Waals surface area contributed by atoms with E-state index in [-0.39, 0.29) is 5.41 Å². The van der Waals surface area contributed by atoms with Crippen molar-refractivity contribution in [2.75, 3.05) is 19.8 Å². The molecular weight excluding hydrogens is 348 g/mol. The van der Waals surface area contributed by atoms with Gasteiger partial charge in [-0.3, -0.25) is 0 Å². The smallest absolute Gasteiger partial charge is 0.236 e. The van der Waals surface area contributed by atoms with E-state index in [9.17, 15) is 0 Å². The number of hydrogen-bond acceptors (Lipinski definition) is 6. The number of unbranched alkanes of at least 4 members (excludes halogenated alkanes) is 3. The van der Waals surface area contributed by atoms with Gasteiger partial charge in [-0.2, -0.15) is 9.78 Å². The van der Waals surface area contributed by atoms with Crippen LogP contribution in [-0.4, -0.2) is 31.7 Å². The maximum Gasteiger partial charge on any atom is 0.263 e. The molecule has 162 valence electrons. The van der Waals surface area contributed by atoms with Crippen LogP contribution in [0.1, 0.15) is 92.9 Å². The van der Waals surface area contributed by atoms with Crippen LogP contribution in [0, 0.1) is 11.3 Å². The Hall–Kier alpha value is -0.240. The lowest BCUT2D eigenvalue weighted by Crippen LogP contribution is -2.59. The zero-order valence-electron chi connectivity index (χ0n) is 18.4. The van der Waals surface area contributed by atoms with Gasteiger partial charge in [-0.15, -0.1) is 0 Å². The van der Waals surface area contributed by atoms with Gasteiger partial charge in [-0.05, 0) is 37.0 Å². The van der Waals surface area contributed by atoms with Crippen LogP contribution in [0.3, 0.4) is 0 Å². The second kappa shape index (κ2) is 13.1. The molecule has 27 heavy (non-hydrogen) atoms. The van der Waals surface area contributed by atoms with Crippen molar-refractivity contribution in [2.45, 2.75) is 105 Å². The Balaban J connectivity index is 2.91. The SMILES string of the molecule is CCCCOOC1C(C)(C)CC(C)CC1(OOCCCC)OOCCCC. The molecule has 0 heterocycles. The molecule has 6 nitrogen and oxygen atoms in total. The number of rotatable bonds is 15. The zero-order valence-corrected chi connectivity index (χ0v) is 18.4. The highest BCUT2D eigenvalue weighted by molar-refractivity contribution is 4.97. The molecule has 6 heteroatoms. The first-order valence-electron chi connectivity index (χ1n) is 10.8. The fraction of sp³-hybridized carbons (Fsp3) is 1.00. The molecule has 2 unspecified atom stereocenters. The van der Waals surface area contributed by atoms with E-state index < -0.39 is 11.9 Å². The third kappa shape index (κ3) is 8.34. The zero-order chi connectivity index (χ0) is 20.2. The Kier molecular flexibility index (Phi) is 12.0. The minimum absolute atomic E-state index is 0.216. The Morgan fingerprint density at radius 3 is 1.70 bits per heavy atom. The van der Waals surface area contributed by atoms with Crippen LogP contribution in [0.25, 0.3) is 0 Å². The van der Waals surface area contributed by atoms with Crippen LogP contribution in [0.15, 0.2) is 0 Å². The average molecular weight is 391 g/mol. The Morgan fingerprint density at radius 2 is 1.22 bits per heavy atom. The van der Waals surface area contributed by atoms with Gasteiger partial charge in [0.1, 0.15) is 0 Å². The normalized spacial score (nSPS) is 24.2. The van der Waals surface area contributed by atoms with Crippen molar-refractivity contribution in [1.29, 1.82) is 0 Å². The van der Waals surface area contributed by atoms with Gasteiger partial charge >= 0.3 is 0 Å². The van der Waals surface area contributed by atoms with Crippen LogP contribution >= 0.6 is 0 Å². The van der Waals surface area contributed by atoms with E-state index in [1.807, 2.05) is 0 Å². The van der Waals surface area contributed by atoms with Crippen molar-refractivity contribution in [3.05, 3.63) is 0 Å². The summed E-state index contributed by atoms with van der Waals surface area (Å²) < 4.78 is 0. The van der Waals surface area contributed by atoms with Gasteiger partial charge in [0.25, 0.3) is 5.79 Å². The monoisotopic (exact) mass is 390 g/mol. The molecule has 0 aromatic carbocycles. The van der Waals surface area contributed by atoms with Crippen molar-refractivity contribution in [3.63, 3.8) is 0 Å². The van der Waals surface area contributed by atoms with Gasteiger partial charge in [0, 0.05) is 6.42 Å². The van der Waals surface area contributed by atoms with Crippen molar-refractivity contribution in [2.24, 2.45) is 11.3 Å². The van der Waals surface area contributed by atoms with Crippen molar-refractivity contribution < 1.29 is 29.3 Å². The summed E-state index contributed by atoms with van der Waals surface area (Å²) in [6.07, 6.45) is 7.04. The molecule has 0 saturated heterocycles. The van der Waals surface area contributed by atoms with Crippen LogP contribution in [0.5, 0.6) is 0 Å². The first kappa shape index (κ1) is 24.8. The third-order valence-corrected chi connectivity index (χ3v) is 4.92. The quantitative estimate of drug-likeness (QED) is 0.153. The van der Waals surface area contributed by atoms with E-state index in [1.54, 1.807) is 0 Å². The van der Waals surface area contributed by atoms with Crippen LogP contribution in [-0.2, 0) is 29.3 Å². The molecule has 1 aliphatic rings. The summed E-state index contributed by atoms with van der Waals surface area (Å²) in [6, 6.07) is 0. The standard InChI is InChI=1S/C21H42O6/c1-7-10-13-22-25-19-20(5,6)16-18(4)17-21(19,26-23-14-11-8-2)27-24-15-12-9-3/h18-19H,7-17H2,1-6H3. The average Bonchev–Trinajstić information content (AvgIpc) is 2.60. The van der Waals surface area contributed by atoms with Crippen molar-refractivity contribution >= 4 is 0 Å². The largest absolute Gasteiger partial charge is 0.263 e. The maximum atomic E-state index is 5.88. The van der Waals surface area contributed by atoms with E-state index in [4.69, 9.17) is 29.3 Å². The van der Waals surface area contributed by atoms with Gasteiger partial charge in [0.05, 0.1) is 19.8 Å². The lowest BCUT2D eigenvalue weighted by Gasteiger charge is -2.49. The highest BCUT2D eigenvalue weighted by atomic mass is 17.3. The van der Waals surface area contributed by atoms with Crippen molar-refractivity contribution in [3.8, 4) is 0 Å². The second-order valence-corrected chi connectivity index (χ2v) is 8.48. The molecule has 1 rings (SSSR count). The first-order chi connectivity index (χ1) is 12.9. The van der Waals surface area contributed by atoms with Gasteiger partial charge in [-0.1, -0.05) is 60.8 Å². The van der Waals surface area contributed by atoms with E-state index in [0.717, 1.165) is 44.9 Å². The molecule has 1 aliphatic carbocycles. The summed E-state index contributed by atoms with van der Waals surface area (Å²) in [5.74, 6) is -0.769. The van der Waals surface area contributed by atoms with Crippen LogP contribution in [0.4, 0.5) is 0 Å². The van der Waals surface area contributed by atoms with Gasteiger partial charge < -0.3 is 0 Å². The molecule has 0 spiro atoms. The van der Waals surface area contributed by atoms with Crippen LogP contribution in [0.2, 0.25) is 0 Å². The summed E-state index contributed by atoms with van der Waals surface area (Å²) in [6.45, 7) is 14.4. The molecule has 0 N–H and O–H groups in total. The van der Waals surface area contributed by atoms with Gasteiger partial charge in [0.2, 0.25) is 0 Å². The second-order valence-electron chi connectivity index (χ2n) is 8.48. The van der Waals surface area contributed by atoms with Gasteiger partial charge in [0.15, 0.2) is 6.10 Å². The Labute approximate surface area is 166 Å². The molecule has 0 aromatic rings. The van der Waals surface area contributed by atoms with E-state index >= 15 is 0 Å². The molecular formula is C21H42O6. The summed E-state index contributed by atoms with van der Waals surface area (Å²) >= 11 is 0. The van der Waals surface area contributed by atoms with Crippen LogP contribution < -0.4 is 0 Å². The predicted octanol–water partition coefficient (Wildman–Crippen LogP) is 5.75. The summed E-state index contributed by atoms with van der Waals surface area (Å²) in [5, 5.41) is 0. The van der Waals surface area contributed by atoms with Gasteiger partial charge in [-0.25, -0.2) is 19.6 Å². The molecule has 2 atom stereocenters. The lowest BCUT2D eigenvalue weighted by atomic mass is 9.67. The molecule has 0 aromatic heterocycles. The Bertz CT molecular complexity index is 362. The topological polar surface area (TPSA) is 55.4 Å². The third-order valence-electron chi connectivity index (χ3n) is 4.92. The Morgan fingerprint density at radius 1 is 0.741 bits per heavy atom. The lowest BCUT2D eigenvalue weighted by molar-refractivity contribution is -0.560. The van der Waals surface area contributed by atoms with E-state index in [0.29, 0.717) is 32.2 Å². The molecule has 0 bridgehead atoms. The molecule has 0 amide bonds. The fourth-order valence-electron chi connectivity index (χ4n) is 3.65. The maximum absolute atomic E-state index is 5.88. The molecule has 0 radical (unpaired) electrons. The summed E-state index contributed by atoms with van der Waals surface area (Å²) in [7, 11) is 0. The van der Waals surface area contributed by atoms with E-state index in [1.165, 1.54) is 0 Å². The minimum atomic E-state index is -1.14. The highest BCUT2D eigenvalue weighted by Crippen LogP contribution is 2.48. The highest BCUT2D eigenvalue weighted by Gasteiger charge is 2.58. The van der Waals surface area contributed by atoms with E-state index in [2.05, 4.69) is 41.5 Å². The molecule has 0 aliphatic heterocycles. The number of hydrogen-bond donors (Lipinski definition) is 0. The predicted molar refractivity (Wildman–Crippen MR) is 105 cm³/mol. The molecule has 1 fully saturated rings. The van der Waals surface area contributed by atoms with Crippen molar-refractivity contribution in [1.82, 2.24) is 0 Å². The minimum Gasteiger partial charge on any atom is -0.236 e. The fourth-order valence-corrected chi connectivity index (χ4v) is 3.65. The molecule has 1 saturated carbocycles. The summed E-state index contributed by atoms with van der Waals surface area (Å²) in [5.41, 5.74) is -0.216.